The number of pyridine rings is 2. The van der Waals surface area contributed by atoms with Crippen LogP contribution < -0.4 is 4.72 Å². The fourth-order valence-electron chi connectivity index (χ4n) is 4.31. The Balaban J connectivity index is 1.58. The Bertz CT molecular complexity index is 1750. The van der Waals surface area contributed by atoms with Crippen molar-refractivity contribution in [1.29, 1.82) is 0 Å². The first-order valence-corrected chi connectivity index (χ1v) is 14.0. The van der Waals surface area contributed by atoms with Crippen LogP contribution in [0.1, 0.15) is 29.8 Å². The van der Waals surface area contributed by atoms with Crippen LogP contribution in [0.4, 0.5) is 5.69 Å². The maximum absolute atomic E-state index is 13.1. The number of hydrogen-bond acceptors (Lipinski definition) is 7. The molecule has 0 fully saturated rings. The zero-order valence-corrected chi connectivity index (χ0v) is 22.6. The highest BCUT2D eigenvalue weighted by atomic mass is 32.2. The molecule has 5 rings (SSSR count). The molecule has 198 valence electrons. The van der Waals surface area contributed by atoms with Crippen LogP contribution in [-0.2, 0) is 28.2 Å². The van der Waals surface area contributed by atoms with E-state index in [1.807, 2.05) is 24.3 Å². The molecule has 1 N–H and O–H groups in total. The van der Waals surface area contributed by atoms with Gasteiger partial charge in [-0.15, -0.1) is 0 Å². The minimum atomic E-state index is -3.81. The molecule has 0 amide bonds. The molecular formula is C29H27N5O4S. The lowest BCUT2D eigenvalue weighted by Gasteiger charge is -2.10. The molecule has 3 aromatic heterocycles. The normalized spacial score (nSPS) is 11.5. The van der Waals surface area contributed by atoms with Crippen molar-refractivity contribution in [3.8, 4) is 22.5 Å². The number of nitrogens with one attached hydrogen (secondary N) is 1. The zero-order valence-electron chi connectivity index (χ0n) is 21.7. The Morgan fingerprint density at radius 1 is 1.00 bits per heavy atom. The predicted molar refractivity (Wildman–Crippen MR) is 150 cm³/mol. The molecule has 9 nitrogen and oxygen atoms in total. The average molecular weight is 542 g/mol. The molecule has 0 radical (unpaired) electrons. The van der Waals surface area contributed by atoms with Crippen molar-refractivity contribution in [2.24, 2.45) is 7.05 Å². The summed E-state index contributed by atoms with van der Waals surface area (Å²) in [6, 6.07) is 19.3. The second-order valence-electron chi connectivity index (χ2n) is 8.87. The zero-order chi connectivity index (χ0) is 27.6. The third-order valence-electron chi connectivity index (χ3n) is 6.30. The Morgan fingerprint density at radius 2 is 1.72 bits per heavy atom. The Kier molecular flexibility index (Phi) is 7.12. The van der Waals surface area contributed by atoms with Crippen LogP contribution in [-0.4, -0.2) is 40.7 Å². The van der Waals surface area contributed by atoms with Gasteiger partial charge in [0.15, 0.2) is 5.65 Å². The Morgan fingerprint density at radius 3 is 2.36 bits per heavy atom. The molecule has 39 heavy (non-hydrogen) atoms. The summed E-state index contributed by atoms with van der Waals surface area (Å²) >= 11 is 0. The average Bonchev–Trinajstić information content (AvgIpc) is 3.29. The van der Waals surface area contributed by atoms with E-state index in [0.29, 0.717) is 39.2 Å². The lowest BCUT2D eigenvalue weighted by Crippen LogP contribution is -2.13. The standard InChI is InChI=1S/C29H27N5O4S/c1-4-19-8-10-21(11-9-19)27-26-24(29(35)38-5-2)17-25(31-28(26)34(3)32-27)20-12-14-23(15-13-20)39(36,37)33-22-7-6-16-30-18-22/h6-18,33H,4-5H2,1-3H3. The first-order chi connectivity index (χ1) is 18.8. The van der Waals surface area contributed by atoms with E-state index in [0.717, 1.165) is 12.0 Å². The number of sulfonamides is 1. The highest BCUT2D eigenvalue weighted by Gasteiger charge is 2.23. The summed E-state index contributed by atoms with van der Waals surface area (Å²) in [4.78, 5) is 21.9. The monoisotopic (exact) mass is 541 g/mol. The van der Waals surface area contributed by atoms with E-state index in [-0.39, 0.29) is 11.5 Å². The second-order valence-corrected chi connectivity index (χ2v) is 10.6. The fourth-order valence-corrected chi connectivity index (χ4v) is 5.35. The van der Waals surface area contributed by atoms with E-state index in [9.17, 15) is 13.2 Å². The van der Waals surface area contributed by atoms with Gasteiger partial charge < -0.3 is 4.74 Å². The van der Waals surface area contributed by atoms with Crippen LogP contribution >= 0.6 is 0 Å². The van der Waals surface area contributed by atoms with Gasteiger partial charge in [-0.25, -0.2) is 22.9 Å². The lowest BCUT2D eigenvalue weighted by atomic mass is 10.0. The summed E-state index contributed by atoms with van der Waals surface area (Å²) in [6.45, 7) is 4.06. The molecule has 0 aliphatic heterocycles. The number of ether oxygens (including phenoxy) is 1. The van der Waals surface area contributed by atoms with Gasteiger partial charge in [0.1, 0.15) is 5.69 Å². The van der Waals surface area contributed by atoms with Gasteiger partial charge >= 0.3 is 5.97 Å². The fraction of sp³-hybridized carbons (Fsp3) is 0.172. The van der Waals surface area contributed by atoms with Crippen molar-refractivity contribution >= 4 is 32.7 Å². The van der Waals surface area contributed by atoms with Crippen LogP contribution in [0.25, 0.3) is 33.5 Å². The first-order valence-electron chi connectivity index (χ1n) is 12.5. The molecule has 0 spiro atoms. The van der Waals surface area contributed by atoms with Gasteiger partial charge in [-0.2, -0.15) is 5.10 Å². The van der Waals surface area contributed by atoms with Crippen LogP contribution in [0.3, 0.4) is 0 Å². The minimum absolute atomic E-state index is 0.0835. The highest BCUT2D eigenvalue weighted by molar-refractivity contribution is 7.92. The number of benzene rings is 2. The lowest BCUT2D eigenvalue weighted by molar-refractivity contribution is 0.0528. The Labute approximate surface area is 226 Å². The van der Waals surface area contributed by atoms with Crippen molar-refractivity contribution in [2.45, 2.75) is 25.2 Å². The van der Waals surface area contributed by atoms with Crippen molar-refractivity contribution in [2.75, 3.05) is 11.3 Å². The number of nitrogens with zero attached hydrogens (tertiary/aromatic N) is 4. The van der Waals surface area contributed by atoms with Crippen LogP contribution in [0.5, 0.6) is 0 Å². The number of anilines is 1. The summed E-state index contributed by atoms with van der Waals surface area (Å²) in [7, 11) is -2.04. The van der Waals surface area contributed by atoms with Crippen molar-refractivity contribution in [3.05, 3.63) is 90.3 Å². The van der Waals surface area contributed by atoms with E-state index in [2.05, 4.69) is 16.6 Å². The van der Waals surface area contributed by atoms with Gasteiger partial charge in [0.05, 0.1) is 40.0 Å². The molecule has 0 unspecified atom stereocenters. The number of esters is 1. The molecule has 3 heterocycles. The number of hydrogen-bond donors (Lipinski definition) is 1. The Hall–Kier alpha value is -4.57. The number of fused-ring (bicyclic) bond motifs is 1. The summed E-state index contributed by atoms with van der Waals surface area (Å²) in [5.41, 5.74) is 5.06. The van der Waals surface area contributed by atoms with E-state index in [4.69, 9.17) is 14.8 Å². The van der Waals surface area contributed by atoms with Crippen molar-refractivity contribution in [1.82, 2.24) is 19.7 Å². The van der Waals surface area contributed by atoms with Gasteiger partial charge in [-0.05, 0) is 49.2 Å². The van der Waals surface area contributed by atoms with Gasteiger partial charge in [0.25, 0.3) is 10.0 Å². The number of aryl methyl sites for hydroxylation is 2. The smallest absolute Gasteiger partial charge is 0.339 e. The molecule has 2 aromatic carbocycles. The molecule has 0 bridgehead atoms. The molecule has 10 heteroatoms. The number of carbonyl (C=O) groups is 1. The quantitative estimate of drug-likeness (QED) is 0.267. The SMILES string of the molecule is CCOC(=O)c1cc(-c2ccc(S(=O)(=O)Nc3cccnc3)cc2)nc2c1c(-c1ccc(CC)cc1)nn2C. The number of carbonyl (C=O) groups excluding carboxylic acids is 1. The summed E-state index contributed by atoms with van der Waals surface area (Å²) in [6.07, 6.45) is 3.92. The van der Waals surface area contributed by atoms with Crippen LogP contribution in [0.15, 0.2) is 84.0 Å². The molecule has 0 aliphatic rings. The van der Waals surface area contributed by atoms with Crippen molar-refractivity contribution in [3.63, 3.8) is 0 Å². The third kappa shape index (κ3) is 5.23. The third-order valence-corrected chi connectivity index (χ3v) is 7.70. The maximum atomic E-state index is 13.1. The molecule has 0 atom stereocenters. The summed E-state index contributed by atoms with van der Waals surface area (Å²) < 4.78 is 35.2. The van der Waals surface area contributed by atoms with E-state index >= 15 is 0 Å². The van der Waals surface area contributed by atoms with Crippen LogP contribution in [0.2, 0.25) is 0 Å². The molecule has 0 aliphatic carbocycles. The summed E-state index contributed by atoms with van der Waals surface area (Å²) in [5, 5.41) is 5.29. The predicted octanol–water partition coefficient (Wildman–Crippen LogP) is 5.24. The number of aromatic nitrogens is 4. The van der Waals surface area contributed by atoms with E-state index in [1.165, 1.54) is 23.9 Å². The molecular weight excluding hydrogens is 514 g/mol. The molecule has 0 saturated heterocycles. The van der Waals surface area contributed by atoms with Crippen molar-refractivity contribution < 1.29 is 17.9 Å². The van der Waals surface area contributed by atoms with E-state index < -0.39 is 16.0 Å². The molecule has 5 aromatic rings. The second kappa shape index (κ2) is 10.7. The molecule has 0 saturated carbocycles. The van der Waals surface area contributed by atoms with Gasteiger partial charge in [-0.3, -0.25) is 9.71 Å². The highest BCUT2D eigenvalue weighted by Crippen LogP contribution is 2.33. The van der Waals surface area contributed by atoms with Gasteiger partial charge in [0, 0.05) is 24.4 Å². The summed E-state index contributed by atoms with van der Waals surface area (Å²) in [5.74, 6) is -0.481. The first kappa shape index (κ1) is 26.1. The number of rotatable bonds is 8. The van der Waals surface area contributed by atoms with Crippen LogP contribution in [0, 0.1) is 0 Å². The van der Waals surface area contributed by atoms with Gasteiger partial charge in [-0.1, -0.05) is 43.3 Å². The largest absolute Gasteiger partial charge is 0.462 e. The van der Waals surface area contributed by atoms with Gasteiger partial charge in [0.2, 0.25) is 0 Å². The minimum Gasteiger partial charge on any atom is -0.462 e. The van der Waals surface area contributed by atoms with E-state index in [1.54, 1.807) is 55.2 Å². The maximum Gasteiger partial charge on any atom is 0.339 e. The topological polar surface area (TPSA) is 116 Å².